The van der Waals surface area contributed by atoms with Gasteiger partial charge in [-0.15, -0.1) is 0 Å². The summed E-state index contributed by atoms with van der Waals surface area (Å²) in [6.07, 6.45) is -5.07. The van der Waals surface area contributed by atoms with Gasteiger partial charge in [0.1, 0.15) is 5.82 Å². The predicted octanol–water partition coefficient (Wildman–Crippen LogP) is 2.36. The number of halogens is 4. The largest absolute Gasteiger partial charge is 0.481 e. The monoisotopic (exact) mass is 265 g/mol. The standard InChI is InChI=1S/C11H11F4NO2/c12-9-4-7(11(13,14)15)1-2-8(9)6(5-16)3-10(17)18/h1-2,4,6H,3,5,16H2,(H,17,18). The van der Waals surface area contributed by atoms with E-state index in [0.717, 1.165) is 6.07 Å². The maximum Gasteiger partial charge on any atom is 0.416 e. The van der Waals surface area contributed by atoms with Gasteiger partial charge in [-0.3, -0.25) is 4.79 Å². The van der Waals surface area contributed by atoms with Crippen LogP contribution in [0.25, 0.3) is 0 Å². The van der Waals surface area contributed by atoms with Crippen molar-refractivity contribution in [2.75, 3.05) is 6.54 Å². The molecule has 7 heteroatoms. The van der Waals surface area contributed by atoms with Gasteiger partial charge in [-0.05, 0) is 24.2 Å². The molecule has 0 aromatic heterocycles. The SMILES string of the molecule is NCC(CC(=O)O)c1ccc(C(F)(F)F)cc1F. The van der Waals surface area contributed by atoms with E-state index in [-0.39, 0.29) is 12.1 Å². The van der Waals surface area contributed by atoms with E-state index in [2.05, 4.69) is 0 Å². The van der Waals surface area contributed by atoms with E-state index in [9.17, 15) is 22.4 Å². The van der Waals surface area contributed by atoms with Crippen molar-refractivity contribution in [1.29, 1.82) is 0 Å². The van der Waals surface area contributed by atoms with Crippen LogP contribution >= 0.6 is 0 Å². The van der Waals surface area contributed by atoms with Crippen LogP contribution in [0.1, 0.15) is 23.5 Å². The second kappa shape index (κ2) is 5.34. The molecule has 1 aromatic carbocycles. The summed E-state index contributed by atoms with van der Waals surface area (Å²) in [5.41, 5.74) is 4.06. The van der Waals surface area contributed by atoms with Crippen LogP contribution in [0.2, 0.25) is 0 Å². The lowest BCUT2D eigenvalue weighted by Crippen LogP contribution is -2.18. The zero-order chi connectivity index (χ0) is 13.9. The third-order valence-corrected chi connectivity index (χ3v) is 2.47. The topological polar surface area (TPSA) is 63.3 Å². The van der Waals surface area contributed by atoms with Gasteiger partial charge in [-0.1, -0.05) is 6.07 Å². The third kappa shape index (κ3) is 3.43. The van der Waals surface area contributed by atoms with Crippen LogP contribution in [0.5, 0.6) is 0 Å². The Labute approximate surface area is 100 Å². The van der Waals surface area contributed by atoms with Crippen molar-refractivity contribution in [2.45, 2.75) is 18.5 Å². The molecule has 0 amide bonds. The smallest absolute Gasteiger partial charge is 0.416 e. The zero-order valence-corrected chi connectivity index (χ0v) is 9.17. The van der Waals surface area contributed by atoms with Crippen LogP contribution in [0.4, 0.5) is 17.6 Å². The van der Waals surface area contributed by atoms with Gasteiger partial charge in [-0.25, -0.2) is 4.39 Å². The molecule has 1 aromatic rings. The highest BCUT2D eigenvalue weighted by Crippen LogP contribution is 2.32. The van der Waals surface area contributed by atoms with E-state index in [1.54, 1.807) is 0 Å². The summed E-state index contributed by atoms with van der Waals surface area (Å²) in [6.45, 7) is -0.158. The van der Waals surface area contributed by atoms with E-state index < -0.39 is 35.9 Å². The first kappa shape index (κ1) is 14.4. The number of benzene rings is 1. The van der Waals surface area contributed by atoms with Crippen LogP contribution in [-0.4, -0.2) is 17.6 Å². The molecular formula is C11H11F4NO2. The summed E-state index contributed by atoms with van der Waals surface area (Å²) in [6, 6.07) is 1.99. The lowest BCUT2D eigenvalue weighted by atomic mass is 9.94. The molecule has 0 heterocycles. The summed E-state index contributed by atoms with van der Waals surface area (Å²) in [5.74, 6) is -3.13. The van der Waals surface area contributed by atoms with Crippen LogP contribution < -0.4 is 5.73 Å². The summed E-state index contributed by atoms with van der Waals surface area (Å²) in [7, 11) is 0. The molecule has 18 heavy (non-hydrogen) atoms. The molecule has 3 N–H and O–H groups in total. The Balaban J connectivity index is 3.07. The fourth-order valence-electron chi connectivity index (χ4n) is 1.57. The van der Waals surface area contributed by atoms with E-state index >= 15 is 0 Å². The molecule has 3 nitrogen and oxygen atoms in total. The number of rotatable bonds is 4. The summed E-state index contributed by atoms with van der Waals surface area (Å²) < 4.78 is 50.4. The number of hydrogen-bond donors (Lipinski definition) is 2. The van der Waals surface area contributed by atoms with Gasteiger partial charge in [0.25, 0.3) is 0 Å². The van der Waals surface area contributed by atoms with Crippen molar-refractivity contribution in [3.05, 3.63) is 35.1 Å². The molecule has 1 unspecified atom stereocenters. The molecule has 0 saturated carbocycles. The van der Waals surface area contributed by atoms with Crippen molar-refractivity contribution >= 4 is 5.97 Å². The molecular weight excluding hydrogens is 254 g/mol. The Hall–Kier alpha value is -1.63. The molecule has 0 fully saturated rings. The van der Waals surface area contributed by atoms with Crippen LogP contribution in [0, 0.1) is 5.82 Å². The second-order valence-electron chi connectivity index (χ2n) is 3.76. The molecule has 0 spiro atoms. The minimum atomic E-state index is -4.63. The fraction of sp³-hybridized carbons (Fsp3) is 0.364. The van der Waals surface area contributed by atoms with E-state index in [0.29, 0.717) is 12.1 Å². The predicted molar refractivity (Wildman–Crippen MR) is 55.5 cm³/mol. The van der Waals surface area contributed by atoms with Crippen molar-refractivity contribution in [3.63, 3.8) is 0 Å². The molecule has 0 aliphatic carbocycles. The van der Waals surface area contributed by atoms with Crippen molar-refractivity contribution in [1.82, 2.24) is 0 Å². The summed E-state index contributed by atoms with van der Waals surface area (Å²) in [4.78, 5) is 10.5. The molecule has 100 valence electrons. The molecule has 0 aliphatic rings. The van der Waals surface area contributed by atoms with Crippen molar-refractivity contribution < 1.29 is 27.5 Å². The molecule has 1 atom stereocenters. The van der Waals surface area contributed by atoms with Gasteiger partial charge in [-0.2, -0.15) is 13.2 Å². The average Bonchev–Trinajstić information content (AvgIpc) is 2.24. The molecule has 0 aliphatic heterocycles. The van der Waals surface area contributed by atoms with Crippen molar-refractivity contribution in [2.24, 2.45) is 5.73 Å². The van der Waals surface area contributed by atoms with E-state index in [1.807, 2.05) is 0 Å². The Morgan fingerprint density at radius 3 is 2.39 bits per heavy atom. The van der Waals surface area contributed by atoms with Crippen molar-refractivity contribution in [3.8, 4) is 0 Å². The lowest BCUT2D eigenvalue weighted by Gasteiger charge is -2.15. The van der Waals surface area contributed by atoms with Gasteiger partial charge in [0, 0.05) is 5.92 Å². The van der Waals surface area contributed by atoms with E-state index in [4.69, 9.17) is 10.8 Å². The molecule has 0 radical (unpaired) electrons. The van der Waals surface area contributed by atoms with Gasteiger partial charge in [0.15, 0.2) is 0 Å². The van der Waals surface area contributed by atoms with Gasteiger partial charge in [0.2, 0.25) is 0 Å². The van der Waals surface area contributed by atoms with Gasteiger partial charge in [0.05, 0.1) is 12.0 Å². The normalized spacial score (nSPS) is 13.4. The first-order valence-electron chi connectivity index (χ1n) is 5.04. The second-order valence-corrected chi connectivity index (χ2v) is 3.76. The number of carbonyl (C=O) groups is 1. The molecule has 1 rings (SSSR count). The average molecular weight is 265 g/mol. The van der Waals surface area contributed by atoms with Crippen LogP contribution in [-0.2, 0) is 11.0 Å². The number of carboxylic acid groups (broad SMARTS) is 1. The maximum absolute atomic E-state index is 13.5. The van der Waals surface area contributed by atoms with E-state index in [1.165, 1.54) is 0 Å². The highest BCUT2D eigenvalue weighted by molar-refractivity contribution is 5.68. The Morgan fingerprint density at radius 2 is 2.00 bits per heavy atom. The van der Waals surface area contributed by atoms with Gasteiger partial charge < -0.3 is 10.8 Å². The fourth-order valence-corrected chi connectivity index (χ4v) is 1.57. The third-order valence-electron chi connectivity index (χ3n) is 2.47. The zero-order valence-electron chi connectivity index (χ0n) is 9.17. The Bertz CT molecular complexity index is 445. The number of aliphatic carboxylic acids is 1. The highest BCUT2D eigenvalue weighted by atomic mass is 19.4. The first-order valence-corrected chi connectivity index (χ1v) is 5.04. The lowest BCUT2D eigenvalue weighted by molar-refractivity contribution is -0.138. The number of carboxylic acids is 1. The number of alkyl halides is 3. The van der Waals surface area contributed by atoms with Crippen LogP contribution in [0.15, 0.2) is 18.2 Å². The molecule has 0 saturated heterocycles. The van der Waals surface area contributed by atoms with Gasteiger partial charge >= 0.3 is 12.1 Å². The summed E-state index contributed by atoms with van der Waals surface area (Å²) >= 11 is 0. The minimum Gasteiger partial charge on any atom is -0.481 e. The van der Waals surface area contributed by atoms with Crippen LogP contribution in [0.3, 0.4) is 0 Å². The first-order chi connectivity index (χ1) is 8.25. The highest BCUT2D eigenvalue weighted by Gasteiger charge is 2.31. The quantitative estimate of drug-likeness (QED) is 0.821. The number of hydrogen-bond acceptors (Lipinski definition) is 2. The molecule has 0 bridgehead atoms. The Morgan fingerprint density at radius 1 is 1.39 bits per heavy atom. The summed E-state index contributed by atoms with van der Waals surface area (Å²) in [5, 5.41) is 8.59. The maximum atomic E-state index is 13.5. The minimum absolute atomic E-state index is 0.118. The number of nitrogens with two attached hydrogens (primary N) is 1. The Kier molecular flexibility index (Phi) is 4.28.